The van der Waals surface area contributed by atoms with E-state index in [1.54, 1.807) is 0 Å². The van der Waals surface area contributed by atoms with E-state index in [9.17, 15) is 4.79 Å². The summed E-state index contributed by atoms with van der Waals surface area (Å²) < 4.78 is 0. The van der Waals surface area contributed by atoms with Crippen molar-refractivity contribution in [2.75, 3.05) is 11.8 Å². The Morgan fingerprint density at radius 3 is 1.71 bits per heavy atom. The third-order valence-electron chi connectivity index (χ3n) is 4.52. The maximum Gasteiger partial charge on any atom is 0.247 e. The number of amides is 1. The molecule has 0 atom stereocenters. The average Bonchev–Trinajstić information content (AvgIpc) is 2.56. The molecular weight excluding hydrogens is 298 g/mol. The molecule has 0 saturated heterocycles. The average molecular weight is 328 g/mol. The van der Waals surface area contributed by atoms with E-state index in [1.807, 2.05) is 28.4 Å². The van der Waals surface area contributed by atoms with Gasteiger partial charge in [0, 0.05) is 10.5 Å². The van der Waals surface area contributed by atoms with E-state index in [1.165, 1.54) is 70.3 Å². The van der Waals surface area contributed by atoms with Gasteiger partial charge in [-0.15, -0.1) is 23.5 Å². The summed E-state index contributed by atoms with van der Waals surface area (Å²) in [4.78, 5) is 14.0. The first-order valence-electron chi connectivity index (χ1n) is 8.44. The first-order chi connectivity index (χ1) is 10.3. The zero-order valence-electron chi connectivity index (χ0n) is 13.1. The lowest BCUT2D eigenvalue weighted by Crippen LogP contribution is -2.31. The van der Waals surface area contributed by atoms with E-state index < -0.39 is 0 Å². The molecule has 1 amide bonds. The van der Waals surface area contributed by atoms with Crippen LogP contribution in [0.3, 0.4) is 0 Å². The van der Waals surface area contributed by atoms with Crippen LogP contribution in [0.1, 0.15) is 64.2 Å². The van der Waals surface area contributed by atoms with Gasteiger partial charge in [-0.05, 0) is 31.8 Å². The quantitative estimate of drug-likeness (QED) is 0.482. The molecular formula is C17H29NOS2. The molecule has 0 radical (unpaired) electrons. The Kier molecular flexibility index (Phi) is 8.08. The number of thioether (sulfide) groups is 2. The fraction of sp³-hybridized carbons (Fsp3) is 0.824. The summed E-state index contributed by atoms with van der Waals surface area (Å²) in [7, 11) is 0. The summed E-state index contributed by atoms with van der Waals surface area (Å²) in [6.07, 6.45) is 15.0. The van der Waals surface area contributed by atoms with Crippen molar-refractivity contribution < 1.29 is 4.79 Å². The van der Waals surface area contributed by atoms with Crippen LogP contribution in [0.2, 0.25) is 0 Å². The lowest BCUT2D eigenvalue weighted by Gasteiger charge is -2.28. The monoisotopic (exact) mass is 327 g/mol. The van der Waals surface area contributed by atoms with Gasteiger partial charge in [-0.2, -0.15) is 0 Å². The van der Waals surface area contributed by atoms with Crippen molar-refractivity contribution in [1.29, 1.82) is 0 Å². The molecule has 2 aliphatic rings. The van der Waals surface area contributed by atoms with Crippen molar-refractivity contribution in [3.05, 3.63) is 12.7 Å². The van der Waals surface area contributed by atoms with Gasteiger partial charge in [0.1, 0.15) is 0 Å². The van der Waals surface area contributed by atoms with Gasteiger partial charge in [0.25, 0.3) is 0 Å². The highest BCUT2D eigenvalue weighted by Gasteiger charge is 2.19. The summed E-state index contributed by atoms with van der Waals surface area (Å²) in [6.45, 7) is 3.66. The molecule has 0 aromatic heterocycles. The lowest BCUT2D eigenvalue weighted by molar-refractivity contribution is -0.124. The highest BCUT2D eigenvalue weighted by molar-refractivity contribution is 8.00. The van der Waals surface area contributed by atoms with Gasteiger partial charge >= 0.3 is 0 Å². The van der Waals surface area contributed by atoms with Crippen molar-refractivity contribution in [1.82, 2.24) is 4.90 Å². The summed E-state index contributed by atoms with van der Waals surface area (Å²) in [5, 5.41) is 1.53. The first-order valence-corrected chi connectivity index (χ1v) is 10.5. The number of nitrogens with zero attached hydrogens (tertiary/aromatic N) is 1. The molecule has 0 aliphatic heterocycles. The SMILES string of the molecule is C=CC(=O)N(CSC1CCCCC1)CSC1CCCCC1. The zero-order chi connectivity index (χ0) is 14.9. The van der Waals surface area contributed by atoms with E-state index in [4.69, 9.17) is 0 Å². The van der Waals surface area contributed by atoms with Crippen LogP contribution in [0.4, 0.5) is 0 Å². The molecule has 21 heavy (non-hydrogen) atoms. The van der Waals surface area contributed by atoms with Gasteiger partial charge in [-0.25, -0.2) is 0 Å². The van der Waals surface area contributed by atoms with E-state index >= 15 is 0 Å². The molecule has 4 heteroatoms. The van der Waals surface area contributed by atoms with Crippen molar-refractivity contribution in [2.24, 2.45) is 0 Å². The summed E-state index contributed by atoms with van der Waals surface area (Å²) in [5.41, 5.74) is 0. The van der Waals surface area contributed by atoms with E-state index in [-0.39, 0.29) is 5.91 Å². The van der Waals surface area contributed by atoms with Crippen LogP contribution in [-0.2, 0) is 4.79 Å². The predicted octanol–water partition coefficient (Wildman–Crippen LogP) is 5.05. The number of carbonyl (C=O) groups is 1. The second kappa shape index (κ2) is 9.83. The van der Waals surface area contributed by atoms with Crippen LogP contribution in [-0.4, -0.2) is 33.1 Å². The summed E-state index contributed by atoms with van der Waals surface area (Å²) in [5.74, 6) is 1.78. The Hall–Kier alpha value is -0.0900. The molecule has 0 heterocycles. The predicted molar refractivity (Wildman–Crippen MR) is 95.7 cm³/mol. The van der Waals surface area contributed by atoms with Crippen molar-refractivity contribution in [2.45, 2.75) is 74.7 Å². The molecule has 0 aromatic carbocycles. The van der Waals surface area contributed by atoms with Crippen molar-refractivity contribution in [3.63, 3.8) is 0 Å². The second-order valence-corrected chi connectivity index (χ2v) is 8.71. The number of hydrogen-bond donors (Lipinski definition) is 0. The van der Waals surface area contributed by atoms with Crippen LogP contribution in [0, 0.1) is 0 Å². The normalized spacial score (nSPS) is 21.1. The van der Waals surface area contributed by atoms with E-state index in [0.29, 0.717) is 0 Å². The zero-order valence-corrected chi connectivity index (χ0v) is 14.7. The molecule has 0 unspecified atom stereocenters. The van der Waals surface area contributed by atoms with Crippen LogP contribution >= 0.6 is 23.5 Å². The summed E-state index contributed by atoms with van der Waals surface area (Å²) in [6, 6.07) is 0. The highest BCUT2D eigenvalue weighted by atomic mass is 32.2. The van der Waals surface area contributed by atoms with Gasteiger partial charge < -0.3 is 4.90 Å². The molecule has 2 fully saturated rings. The van der Waals surface area contributed by atoms with Crippen molar-refractivity contribution >= 4 is 29.4 Å². The topological polar surface area (TPSA) is 20.3 Å². The summed E-state index contributed by atoms with van der Waals surface area (Å²) >= 11 is 3.96. The van der Waals surface area contributed by atoms with Crippen LogP contribution in [0.15, 0.2) is 12.7 Å². The minimum Gasteiger partial charge on any atom is -0.321 e. The Bertz CT molecular complexity index is 301. The molecule has 2 nitrogen and oxygen atoms in total. The van der Waals surface area contributed by atoms with Gasteiger partial charge in [0.2, 0.25) is 5.91 Å². The number of hydrogen-bond acceptors (Lipinski definition) is 3. The van der Waals surface area contributed by atoms with Crippen LogP contribution in [0.5, 0.6) is 0 Å². The Balaban J connectivity index is 1.73. The minimum atomic E-state index is 0.0987. The largest absolute Gasteiger partial charge is 0.321 e. The van der Waals surface area contributed by atoms with E-state index in [2.05, 4.69) is 6.58 Å². The Morgan fingerprint density at radius 2 is 1.33 bits per heavy atom. The molecule has 0 spiro atoms. The fourth-order valence-electron chi connectivity index (χ4n) is 3.15. The Morgan fingerprint density at radius 1 is 0.905 bits per heavy atom. The number of rotatable bonds is 7. The minimum absolute atomic E-state index is 0.0987. The molecule has 2 rings (SSSR count). The maximum atomic E-state index is 12.0. The van der Waals surface area contributed by atoms with Crippen LogP contribution < -0.4 is 0 Å². The van der Waals surface area contributed by atoms with Crippen molar-refractivity contribution in [3.8, 4) is 0 Å². The standard InChI is InChI=1S/C17H29NOS2/c1-2-17(19)18(13-20-15-9-5-3-6-10-15)14-21-16-11-7-4-8-12-16/h2,15-16H,1,3-14H2. The highest BCUT2D eigenvalue weighted by Crippen LogP contribution is 2.31. The molecule has 0 N–H and O–H groups in total. The van der Waals surface area contributed by atoms with Gasteiger partial charge in [-0.3, -0.25) is 4.79 Å². The van der Waals surface area contributed by atoms with E-state index in [0.717, 1.165) is 22.3 Å². The third kappa shape index (κ3) is 6.27. The maximum absolute atomic E-state index is 12.0. The first kappa shape index (κ1) is 17.3. The number of carbonyl (C=O) groups excluding carboxylic acids is 1. The second-order valence-electron chi connectivity index (χ2n) is 6.19. The Labute approximate surface area is 138 Å². The molecule has 120 valence electrons. The van der Waals surface area contributed by atoms with Crippen LogP contribution in [0.25, 0.3) is 0 Å². The molecule has 2 saturated carbocycles. The smallest absolute Gasteiger partial charge is 0.247 e. The lowest BCUT2D eigenvalue weighted by atomic mass is 10.0. The van der Waals surface area contributed by atoms with Gasteiger partial charge in [0.05, 0.1) is 11.8 Å². The third-order valence-corrected chi connectivity index (χ3v) is 7.33. The molecule has 0 bridgehead atoms. The molecule has 0 aromatic rings. The van der Waals surface area contributed by atoms with Gasteiger partial charge in [0.15, 0.2) is 0 Å². The fourth-order valence-corrected chi connectivity index (χ4v) is 5.82. The molecule has 2 aliphatic carbocycles. The van der Waals surface area contributed by atoms with Gasteiger partial charge in [-0.1, -0.05) is 45.1 Å².